The summed E-state index contributed by atoms with van der Waals surface area (Å²) in [4.78, 5) is 8.17. The van der Waals surface area contributed by atoms with Crippen LogP contribution in [0.25, 0.3) is 5.65 Å². The van der Waals surface area contributed by atoms with E-state index in [0.29, 0.717) is 5.75 Å². The number of benzene rings is 1. The van der Waals surface area contributed by atoms with Crippen molar-refractivity contribution >= 4 is 5.65 Å². The van der Waals surface area contributed by atoms with Crippen LogP contribution in [0.5, 0.6) is 5.75 Å². The first-order valence-electron chi connectivity index (χ1n) is 5.73. The van der Waals surface area contributed by atoms with Crippen molar-refractivity contribution in [2.45, 2.75) is 12.8 Å². The van der Waals surface area contributed by atoms with Gasteiger partial charge in [-0.2, -0.15) is 5.10 Å². The van der Waals surface area contributed by atoms with Crippen LogP contribution in [0.1, 0.15) is 11.3 Å². The maximum absolute atomic E-state index is 9.40. The van der Waals surface area contributed by atoms with Crippen molar-refractivity contribution in [3.8, 4) is 5.75 Å². The number of imidazole rings is 1. The summed E-state index contributed by atoms with van der Waals surface area (Å²) >= 11 is 0. The van der Waals surface area contributed by atoms with Crippen molar-refractivity contribution in [1.82, 2.24) is 19.6 Å². The standard InChI is InChI=1S/C13H12N4O/c18-12-3-1-2-10(6-12)4-5-11-7-15-13-8-14-9-16-17(11)13/h1-3,6-9,18H,4-5H2. The quantitative estimate of drug-likeness (QED) is 0.755. The Morgan fingerprint density at radius 1 is 1.17 bits per heavy atom. The van der Waals surface area contributed by atoms with Gasteiger partial charge in [0.15, 0.2) is 5.65 Å². The Morgan fingerprint density at radius 2 is 2.11 bits per heavy atom. The second-order valence-electron chi connectivity index (χ2n) is 4.10. The van der Waals surface area contributed by atoms with Crippen molar-refractivity contribution < 1.29 is 5.11 Å². The number of phenolic OH excluding ortho intramolecular Hbond substituents is 1. The summed E-state index contributed by atoms with van der Waals surface area (Å²) in [7, 11) is 0. The average molecular weight is 240 g/mol. The van der Waals surface area contributed by atoms with Gasteiger partial charge >= 0.3 is 0 Å². The van der Waals surface area contributed by atoms with Crippen LogP contribution in [0.2, 0.25) is 0 Å². The molecule has 0 aliphatic rings. The van der Waals surface area contributed by atoms with Crippen molar-refractivity contribution in [3.63, 3.8) is 0 Å². The van der Waals surface area contributed by atoms with Crippen LogP contribution >= 0.6 is 0 Å². The summed E-state index contributed by atoms with van der Waals surface area (Å²) < 4.78 is 1.79. The molecule has 0 aliphatic carbocycles. The maximum atomic E-state index is 9.40. The molecule has 3 rings (SSSR count). The van der Waals surface area contributed by atoms with Crippen LogP contribution in [-0.2, 0) is 12.8 Å². The van der Waals surface area contributed by atoms with Crippen LogP contribution in [0, 0.1) is 0 Å². The molecule has 0 amide bonds. The third-order valence-electron chi connectivity index (χ3n) is 2.84. The summed E-state index contributed by atoms with van der Waals surface area (Å²) in [5.74, 6) is 0.299. The Labute approximate surface area is 104 Å². The van der Waals surface area contributed by atoms with Crippen LogP contribution in [0.15, 0.2) is 43.0 Å². The van der Waals surface area contributed by atoms with E-state index < -0.39 is 0 Å². The molecule has 1 aromatic carbocycles. The van der Waals surface area contributed by atoms with Gasteiger partial charge in [-0.15, -0.1) is 0 Å². The largest absolute Gasteiger partial charge is 0.508 e. The Balaban J connectivity index is 1.81. The van der Waals surface area contributed by atoms with Crippen molar-refractivity contribution in [2.24, 2.45) is 0 Å². The summed E-state index contributed by atoms with van der Waals surface area (Å²) in [6.45, 7) is 0. The third kappa shape index (κ3) is 2.02. The van der Waals surface area contributed by atoms with Crippen LogP contribution in [0.4, 0.5) is 0 Å². The molecule has 0 bridgehead atoms. The molecule has 0 radical (unpaired) electrons. The molecule has 0 saturated carbocycles. The van der Waals surface area contributed by atoms with Gasteiger partial charge in [0.05, 0.1) is 18.1 Å². The van der Waals surface area contributed by atoms with Gasteiger partial charge in [-0.3, -0.25) is 0 Å². The van der Waals surface area contributed by atoms with Gasteiger partial charge in [0.25, 0.3) is 0 Å². The minimum absolute atomic E-state index is 0.299. The van der Waals surface area contributed by atoms with E-state index in [9.17, 15) is 5.11 Å². The van der Waals surface area contributed by atoms with Crippen molar-refractivity contribution in [1.29, 1.82) is 0 Å². The summed E-state index contributed by atoms with van der Waals surface area (Å²) in [5.41, 5.74) is 2.89. The van der Waals surface area contributed by atoms with Crippen LogP contribution in [0.3, 0.4) is 0 Å². The minimum Gasteiger partial charge on any atom is -0.508 e. The molecule has 0 saturated heterocycles. The number of aromatic hydroxyl groups is 1. The van der Waals surface area contributed by atoms with E-state index in [0.717, 1.165) is 29.7 Å². The first-order chi connectivity index (χ1) is 8.83. The average Bonchev–Trinajstić information content (AvgIpc) is 2.80. The molecule has 0 unspecified atom stereocenters. The highest BCUT2D eigenvalue weighted by atomic mass is 16.3. The van der Waals surface area contributed by atoms with Gasteiger partial charge in [-0.1, -0.05) is 12.1 Å². The number of nitrogens with zero attached hydrogens (tertiary/aromatic N) is 4. The summed E-state index contributed by atoms with van der Waals surface area (Å²) in [6, 6.07) is 7.29. The molecular weight excluding hydrogens is 228 g/mol. The summed E-state index contributed by atoms with van der Waals surface area (Å²) in [6.07, 6.45) is 6.66. The van der Waals surface area contributed by atoms with Gasteiger partial charge in [-0.25, -0.2) is 14.5 Å². The molecule has 0 aliphatic heterocycles. The van der Waals surface area contributed by atoms with Crippen LogP contribution < -0.4 is 0 Å². The third-order valence-corrected chi connectivity index (χ3v) is 2.84. The Bertz CT molecular complexity index is 677. The van der Waals surface area contributed by atoms with E-state index in [-0.39, 0.29) is 0 Å². The van der Waals surface area contributed by atoms with E-state index >= 15 is 0 Å². The van der Waals surface area contributed by atoms with Gasteiger partial charge in [0, 0.05) is 0 Å². The molecule has 0 spiro atoms. The number of aryl methyl sites for hydroxylation is 2. The van der Waals surface area contributed by atoms with Gasteiger partial charge in [0.1, 0.15) is 12.1 Å². The predicted octanol–water partition coefficient (Wildman–Crippen LogP) is 1.62. The molecule has 18 heavy (non-hydrogen) atoms. The molecule has 2 aromatic heterocycles. The normalized spacial score (nSPS) is 10.9. The van der Waals surface area contributed by atoms with E-state index in [4.69, 9.17) is 0 Å². The topological polar surface area (TPSA) is 63.3 Å². The number of rotatable bonds is 3. The van der Waals surface area contributed by atoms with E-state index in [2.05, 4.69) is 15.1 Å². The fourth-order valence-electron chi connectivity index (χ4n) is 1.95. The highest BCUT2D eigenvalue weighted by Crippen LogP contribution is 2.13. The smallest absolute Gasteiger partial charge is 0.172 e. The number of hydrogen-bond donors (Lipinski definition) is 1. The van der Waals surface area contributed by atoms with Gasteiger partial charge in [-0.05, 0) is 30.5 Å². The fraction of sp³-hybridized carbons (Fsp3) is 0.154. The molecule has 3 aromatic rings. The van der Waals surface area contributed by atoms with Gasteiger partial charge in [0.2, 0.25) is 0 Å². The Hall–Kier alpha value is -2.43. The van der Waals surface area contributed by atoms with Crippen molar-refractivity contribution in [3.05, 3.63) is 54.2 Å². The molecule has 5 heteroatoms. The molecule has 5 nitrogen and oxygen atoms in total. The second-order valence-corrected chi connectivity index (χ2v) is 4.10. The molecule has 1 N–H and O–H groups in total. The minimum atomic E-state index is 0.299. The first kappa shape index (κ1) is 10.7. The lowest BCUT2D eigenvalue weighted by molar-refractivity contribution is 0.474. The number of aromatic nitrogens is 4. The first-order valence-corrected chi connectivity index (χ1v) is 5.73. The van der Waals surface area contributed by atoms with Crippen molar-refractivity contribution in [2.75, 3.05) is 0 Å². The molecule has 2 heterocycles. The van der Waals surface area contributed by atoms with E-state index in [1.807, 2.05) is 18.3 Å². The molecule has 0 atom stereocenters. The molecule has 0 fully saturated rings. The van der Waals surface area contributed by atoms with Gasteiger partial charge < -0.3 is 5.11 Å². The zero-order chi connectivity index (χ0) is 12.4. The lowest BCUT2D eigenvalue weighted by Crippen LogP contribution is -1.99. The number of fused-ring (bicyclic) bond motifs is 1. The molecular formula is C13H12N4O. The highest BCUT2D eigenvalue weighted by Gasteiger charge is 2.04. The zero-order valence-electron chi connectivity index (χ0n) is 9.69. The molecule has 90 valence electrons. The second kappa shape index (κ2) is 4.44. The lowest BCUT2D eigenvalue weighted by Gasteiger charge is -2.02. The SMILES string of the molecule is Oc1cccc(CCc2cnc3cncnn23)c1. The predicted molar refractivity (Wildman–Crippen MR) is 66.3 cm³/mol. The summed E-state index contributed by atoms with van der Waals surface area (Å²) in [5, 5.41) is 13.6. The number of phenols is 1. The van der Waals surface area contributed by atoms with E-state index in [1.165, 1.54) is 6.33 Å². The fourth-order valence-corrected chi connectivity index (χ4v) is 1.95. The van der Waals surface area contributed by atoms with Crippen LogP contribution in [-0.4, -0.2) is 24.7 Å². The Morgan fingerprint density at radius 3 is 3.00 bits per heavy atom. The number of hydrogen-bond acceptors (Lipinski definition) is 4. The zero-order valence-corrected chi connectivity index (χ0v) is 9.69. The van der Waals surface area contributed by atoms with E-state index in [1.54, 1.807) is 22.8 Å². The maximum Gasteiger partial charge on any atom is 0.172 e. The monoisotopic (exact) mass is 240 g/mol. The highest BCUT2D eigenvalue weighted by molar-refractivity contribution is 5.35. The Kier molecular flexibility index (Phi) is 2.64. The lowest BCUT2D eigenvalue weighted by atomic mass is 10.1.